The molecule has 0 aromatic heterocycles. The Bertz CT molecular complexity index is 683. The van der Waals surface area contributed by atoms with E-state index in [4.69, 9.17) is 0 Å². The van der Waals surface area contributed by atoms with E-state index in [2.05, 4.69) is 31.3 Å². The molecule has 2 N–H and O–H groups in total. The highest BCUT2D eigenvalue weighted by Gasteiger charge is 2.12. The van der Waals surface area contributed by atoms with Gasteiger partial charge >= 0.3 is 0 Å². The summed E-state index contributed by atoms with van der Waals surface area (Å²) in [6.07, 6.45) is 1.57. The highest BCUT2D eigenvalue weighted by Crippen LogP contribution is 2.21. The third-order valence-corrected chi connectivity index (χ3v) is 3.31. The molecule has 2 aromatic carbocycles. The zero-order valence-electron chi connectivity index (χ0n) is 13.0. The SMILES string of the molecule is CC(C)(C)c1ccc(C=NNC(=O)c2ccccc2O)cc1. The molecular weight excluding hydrogens is 276 g/mol. The van der Waals surface area contributed by atoms with E-state index in [9.17, 15) is 9.90 Å². The van der Waals surface area contributed by atoms with Crippen LogP contribution in [0.5, 0.6) is 5.75 Å². The molecule has 0 unspecified atom stereocenters. The Labute approximate surface area is 130 Å². The van der Waals surface area contributed by atoms with Crippen molar-refractivity contribution in [3.8, 4) is 5.75 Å². The Morgan fingerprint density at radius 1 is 1.09 bits per heavy atom. The zero-order chi connectivity index (χ0) is 16.2. The molecule has 0 aliphatic carbocycles. The summed E-state index contributed by atoms with van der Waals surface area (Å²) in [5.41, 5.74) is 4.84. The quantitative estimate of drug-likeness (QED) is 0.673. The number of rotatable bonds is 3. The number of hydrogen-bond acceptors (Lipinski definition) is 3. The molecule has 0 atom stereocenters. The number of hydrogen-bond donors (Lipinski definition) is 2. The minimum atomic E-state index is -0.444. The Hall–Kier alpha value is -2.62. The summed E-state index contributed by atoms with van der Waals surface area (Å²) < 4.78 is 0. The highest BCUT2D eigenvalue weighted by molar-refractivity contribution is 5.97. The van der Waals surface area contributed by atoms with Crippen molar-refractivity contribution in [2.24, 2.45) is 5.10 Å². The number of phenols is 1. The lowest BCUT2D eigenvalue weighted by molar-refractivity contribution is 0.0952. The van der Waals surface area contributed by atoms with Gasteiger partial charge in [0.2, 0.25) is 0 Å². The Morgan fingerprint density at radius 2 is 1.73 bits per heavy atom. The summed E-state index contributed by atoms with van der Waals surface area (Å²) in [6, 6.07) is 14.3. The summed E-state index contributed by atoms with van der Waals surface area (Å²) >= 11 is 0. The number of nitrogens with zero attached hydrogens (tertiary/aromatic N) is 1. The second-order valence-corrected chi connectivity index (χ2v) is 6.09. The van der Waals surface area contributed by atoms with Crippen molar-refractivity contribution in [1.29, 1.82) is 0 Å². The van der Waals surface area contributed by atoms with E-state index >= 15 is 0 Å². The number of carbonyl (C=O) groups excluding carboxylic acids is 1. The maximum absolute atomic E-state index is 11.9. The molecule has 4 heteroatoms. The number of carbonyl (C=O) groups is 1. The van der Waals surface area contributed by atoms with Crippen LogP contribution in [0.4, 0.5) is 0 Å². The average Bonchev–Trinajstić information content (AvgIpc) is 2.47. The number of amides is 1. The molecule has 2 rings (SSSR count). The second-order valence-electron chi connectivity index (χ2n) is 6.09. The van der Waals surface area contributed by atoms with E-state index in [1.807, 2.05) is 24.3 Å². The van der Waals surface area contributed by atoms with Gasteiger partial charge in [0, 0.05) is 0 Å². The van der Waals surface area contributed by atoms with Gasteiger partial charge in [0.1, 0.15) is 5.75 Å². The van der Waals surface area contributed by atoms with Gasteiger partial charge in [-0.3, -0.25) is 4.79 Å². The van der Waals surface area contributed by atoms with Crippen molar-refractivity contribution in [3.05, 3.63) is 65.2 Å². The second kappa shape index (κ2) is 6.43. The lowest BCUT2D eigenvalue weighted by atomic mass is 9.87. The van der Waals surface area contributed by atoms with E-state index in [1.165, 1.54) is 17.7 Å². The molecule has 2 aromatic rings. The van der Waals surface area contributed by atoms with Gasteiger partial charge in [-0.15, -0.1) is 0 Å². The molecular formula is C18H20N2O2. The maximum atomic E-state index is 11.9. The van der Waals surface area contributed by atoms with Crippen LogP contribution in [0.15, 0.2) is 53.6 Å². The van der Waals surface area contributed by atoms with E-state index in [-0.39, 0.29) is 16.7 Å². The fourth-order valence-electron chi connectivity index (χ4n) is 1.96. The predicted molar refractivity (Wildman–Crippen MR) is 88.3 cm³/mol. The highest BCUT2D eigenvalue weighted by atomic mass is 16.3. The van der Waals surface area contributed by atoms with Gasteiger partial charge in [0.15, 0.2) is 0 Å². The standard InChI is InChI=1S/C18H20N2O2/c1-18(2,3)14-10-8-13(9-11-14)12-19-20-17(22)15-6-4-5-7-16(15)21/h4-12,21H,1-3H3,(H,20,22). The molecule has 0 fully saturated rings. The lowest BCUT2D eigenvalue weighted by Gasteiger charge is -2.18. The van der Waals surface area contributed by atoms with Crippen molar-refractivity contribution >= 4 is 12.1 Å². The first kappa shape index (κ1) is 15.8. The molecule has 22 heavy (non-hydrogen) atoms. The summed E-state index contributed by atoms with van der Waals surface area (Å²) in [6.45, 7) is 6.47. The Balaban J connectivity index is 2.01. The van der Waals surface area contributed by atoms with E-state index < -0.39 is 5.91 Å². The van der Waals surface area contributed by atoms with Gasteiger partial charge in [-0.1, -0.05) is 57.2 Å². The third-order valence-electron chi connectivity index (χ3n) is 3.31. The van der Waals surface area contributed by atoms with Gasteiger partial charge in [-0.2, -0.15) is 5.10 Å². The smallest absolute Gasteiger partial charge is 0.275 e. The molecule has 0 saturated heterocycles. The topological polar surface area (TPSA) is 61.7 Å². The fraction of sp³-hybridized carbons (Fsp3) is 0.222. The molecule has 0 aliphatic rings. The van der Waals surface area contributed by atoms with Crippen LogP contribution < -0.4 is 5.43 Å². The normalized spacial score (nSPS) is 11.6. The summed E-state index contributed by atoms with van der Waals surface area (Å²) in [5, 5.41) is 13.5. The van der Waals surface area contributed by atoms with Crippen LogP contribution in [-0.4, -0.2) is 17.2 Å². The summed E-state index contributed by atoms with van der Waals surface area (Å²) in [7, 11) is 0. The van der Waals surface area contributed by atoms with Gasteiger partial charge < -0.3 is 5.11 Å². The van der Waals surface area contributed by atoms with E-state index in [0.29, 0.717) is 0 Å². The van der Waals surface area contributed by atoms with Gasteiger partial charge in [-0.25, -0.2) is 5.43 Å². The van der Waals surface area contributed by atoms with Crippen LogP contribution in [0.3, 0.4) is 0 Å². The molecule has 114 valence electrons. The number of aromatic hydroxyl groups is 1. The number of para-hydroxylation sites is 1. The third kappa shape index (κ3) is 3.95. The molecule has 0 bridgehead atoms. The predicted octanol–water partition coefficient (Wildman–Crippen LogP) is 3.45. The van der Waals surface area contributed by atoms with Gasteiger partial charge in [0.25, 0.3) is 5.91 Å². The number of nitrogens with one attached hydrogen (secondary N) is 1. The fourth-order valence-corrected chi connectivity index (χ4v) is 1.96. The largest absolute Gasteiger partial charge is 0.507 e. The summed E-state index contributed by atoms with van der Waals surface area (Å²) in [4.78, 5) is 11.9. The first-order chi connectivity index (χ1) is 10.4. The number of hydrazone groups is 1. The number of phenolic OH excluding ortho intramolecular Hbond substituents is 1. The van der Waals surface area contributed by atoms with Crippen molar-refractivity contribution in [3.63, 3.8) is 0 Å². The first-order valence-corrected chi connectivity index (χ1v) is 7.10. The minimum Gasteiger partial charge on any atom is -0.507 e. The van der Waals surface area contributed by atoms with Gasteiger partial charge in [0.05, 0.1) is 11.8 Å². The zero-order valence-corrected chi connectivity index (χ0v) is 13.0. The number of benzene rings is 2. The summed E-state index contributed by atoms with van der Waals surface area (Å²) in [5.74, 6) is -0.509. The maximum Gasteiger partial charge on any atom is 0.275 e. The van der Waals surface area contributed by atoms with Crippen LogP contribution >= 0.6 is 0 Å². The first-order valence-electron chi connectivity index (χ1n) is 7.10. The monoisotopic (exact) mass is 296 g/mol. The molecule has 1 amide bonds. The van der Waals surface area contributed by atoms with Crippen LogP contribution in [0, 0.1) is 0 Å². The van der Waals surface area contributed by atoms with E-state index in [0.717, 1.165) is 5.56 Å². The van der Waals surface area contributed by atoms with Crippen LogP contribution in [0.2, 0.25) is 0 Å². The van der Waals surface area contributed by atoms with E-state index in [1.54, 1.807) is 18.3 Å². The van der Waals surface area contributed by atoms with Crippen LogP contribution in [0.25, 0.3) is 0 Å². The Morgan fingerprint density at radius 3 is 2.32 bits per heavy atom. The van der Waals surface area contributed by atoms with Crippen molar-refractivity contribution in [2.75, 3.05) is 0 Å². The van der Waals surface area contributed by atoms with Crippen molar-refractivity contribution < 1.29 is 9.90 Å². The molecule has 0 aliphatic heterocycles. The van der Waals surface area contributed by atoms with Crippen LogP contribution in [0.1, 0.15) is 42.3 Å². The minimum absolute atomic E-state index is 0.0651. The van der Waals surface area contributed by atoms with Crippen LogP contribution in [-0.2, 0) is 5.41 Å². The molecule has 4 nitrogen and oxygen atoms in total. The lowest BCUT2D eigenvalue weighted by Crippen LogP contribution is -2.17. The molecule has 0 heterocycles. The van der Waals surface area contributed by atoms with Crippen molar-refractivity contribution in [2.45, 2.75) is 26.2 Å². The molecule has 0 saturated carbocycles. The molecule has 0 radical (unpaired) electrons. The van der Waals surface area contributed by atoms with Crippen molar-refractivity contribution in [1.82, 2.24) is 5.43 Å². The Kier molecular flexibility index (Phi) is 4.61. The average molecular weight is 296 g/mol. The van der Waals surface area contributed by atoms with Gasteiger partial charge in [-0.05, 0) is 28.7 Å². The molecule has 0 spiro atoms.